The summed E-state index contributed by atoms with van der Waals surface area (Å²) in [7, 11) is 0. The summed E-state index contributed by atoms with van der Waals surface area (Å²) < 4.78 is 0. The number of carbonyl (C=O) groups is 2. The molecular weight excluding hydrogens is 502 g/mol. The summed E-state index contributed by atoms with van der Waals surface area (Å²) in [5.74, 6) is -2.89. The maximum absolute atomic E-state index is 9.76. The number of hydrogen-bond acceptors (Lipinski definition) is 4. The fourth-order valence-electron chi connectivity index (χ4n) is 0.281. The zero-order valence-corrected chi connectivity index (χ0v) is 17.4. The van der Waals surface area contributed by atoms with Gasteiger partial charge in [0.2, 0.25) is 0 Å². The van der Waals surface area contributed by atoms with Crippen molar-refractivity contribution in [3.05, 3.63) is 20.1 Å². The number of aliphatic carboxylic acids is 2. The third-order valence-corrected chi connectivity index (χ3v) is 2.41. The number of carbonyl (C=O) groups excluding carboxylic acids is 2. The van der Waals surface area contributed by atoms with Crippen molar-refractivity contribution in [3.8, 4) is 0 Å². The van der Waals surface area contributed by atoms with Crippen LogP contribution in [0.1, 0.15) is 13.8 Å². The van der Waals surface area contributed by atoms with Gasteiger partial charge in [0.1, 0.15) is 0 Å². The molecular formula is C8H6Cl4HgO4. The van der Waals surface area contributed by atoms with Crippen LogP contribution < -0.4 is 10.2 Å². The summed E-state index contributed by atoms with van der Waals surface area (Å²) in [5.41, 5.74) is 0. The zero-order valence-electron chi connectivity index (χ0n) is 8.85. The minimum Gasteiger partial charge on any atom is -0.544 e. The molecule has 0 aliphatic carbocycles. The van der Waals surface area contributed by atoms with E-state index in [1.165, 1.54) is 13.8 Å². The molecule has 0 aliphatic heterocycles. The van der Waals surface area contributed by atoms with E-state index < -0.39 is 22.0 Å². The van der Waals surface area contributed by atoms with Gasteiger partial charge in [-0.25, -0.2) is 0 Å². The summed E-state index contributed by atoms with van der Waals surface area (Å²) in [4.78, 5) is 19.5. The molecule has 0 atom stereocenters. The van der Waals surface area contributed by atoms with E-state index in [9.17, 15) is 19.8 Å². The van der Waals surface area contributed by atoms with Crippen LogP contribution >= 0.6 is 46.4 Å². The Morgan fingerprint density at radius 3 is 0.941 bits per heavy atom. The molecule has 0 spiro atoms. The Balaban J connectivity index is -0.000000218. The Morgan fingerprint density at radius 1 is 0.765 bits per heavy atom. The van der Waals surface area contributed by atoms with E-state index in [-0.39, 0.29) is 37.7 Å². The number of allylic oxidation sites excluding steroid dienone is 2. The molecule has 0 saturated heterocycles. The van der Waals surface area contributed by atoms with Crippen molar-refractivity contribution in [1.82, 2.24) is 0 Å². The molecule has 92 valence electrons. The van der Waals surface area contributed by atoms with Gasteiger partial charge in [0.15, 0.2) is 0 Å². The van der Waals surface area contributed by atoms with Crippen LogP contribution in [-0.2, 0) is 37.3 Å². The summed E-state index contributed by atoms with van der Waals surface area (Å²) in [6.07, 6.45) is 0. The second kappa shape index (κ2) is 11.6. The maximum Gasteiger partial charge on any atom is 2.00 e. The molecule has 0 saturated carbocycles. The molecule has 0 aromatic carbocycles. The molecule has 0 N–H and O–H groups in total. The zero-order chi connectivity index (χ0) is 13.5. The molecule has 0 unspecified atom stereocenters. The van der Waals surface area contributed by atoms with E-state index in [1.54, 1.807) is 0 Å². The number of halogens is 4. The molecule has 0 bridgehead atoms. The first-order valence-electron chi connectivity index (χ1n) is 3.57. The molecule has 4 nitrogen and oxygen atoms in total. The normalized spacial score (nSPS) is 12.1. The van der Waals surface area contributed by atoms with E-state index in [2.05, 4.69) is 0 Å². The van der Waals surface area contributed by atoms with Gasteiger partial charge in [-0.2, -0.15) is 0 Å². The minimum atomic E-state index is -1.45. The van der Waals surface area contributed by atoms with E-state index in [0.717, 1.165) is 0 Å². The van der Waals surface area contributed by atoms with Crippen molar-refractivity contribution in [1.29, 1.82) is 0 Å². The number of carboxylic acid groups (broad SMARTS) is 2. The van der Waals surface area contributed by atoms with Crippen LogP contribution in [0, 0.1) is 0 Å². The summed E-state index contributed by atoms with van der Waals surface area (Å²) in [6, 6.07) is 0. The van der Waals surface area contributed by atoms with Crippen LogP contribution in [0.3, 0.4) is 0 Å². The van der Waals surface area contributed by atoms with Crippen molar-refractivity contribution in [3.63, 3.8) is 0 Å². The van der Waals surface area contributed by atoms with Crippen molar-refractivity contribution in [2.24, 2.45) is 0 Å². The molecule has 0 aliphatic rings. The van der Waals surface area contributed by atoms with Gasteiger partial charge in [-0.15, -0.1) is 0 Å². The first-order valence-corrected chi connectivity index (χ1v) is 5.08. The average molecular weight is 509 g/mol. The van der Waals surface area contributed by atoms with Crippen LogP contribution in [-0.4, -0.2) is 11.9 Å². The van der Waals surface area contributed by atoms with Crippen LogP contribution in [0.2, 0.25) is 0 Å². The average Bonchev–Trinajstić information content (AvgIpc) is 2.15. The molecule has 0 radical (unpaired) electrons. The fourth-order valence-corrected chi connectivity index (χ4v) is 0.436. The Hall–Kier alpha value is 0.515. The van der Waals surface area contributed by atoms with Crippen molar-refractivity contribution >= 4 is 58.3 Å². The quantitative estimate of drug-likeness (QED) is 0.410. The third kappa shape index (κ3) is 12.8. The van der Waals surface area contributed by atoms with E-state index in [0.29, 0.717) is 0 Å². The standard InChI is InChI=1S/2C4H4Cl2O2.Hg/c2*1-2(5)3(6)4(7)8;/h2*1H3,(H,7,8);/q;;+2/p-2/b2*3-2+;. The largest absolute Gasteiger partial charge is 2.00 e. The van der Waals surface area contributed by atoms with Gasteiger partial charge in [-0.05, 0) is 13.8 Å². The van der Waals surface area contributed by atoms with Crippen molar-refractivity contribution < 1.29 is 47.5 Å². The van der Waals surface area contributed by atoms with Crippen LogP contribution in [0.15, 0.2) is 20.1 Å². The second-order valence-electron chi connectivity index (χ2n) is 2.27. The Morgan fingerprint density at radius 2 is 0.941 bits per heavy atom. The molecule has 0 rings (SSSR count). The van der Waals surface area contributed by atoms with Gasteiger partial charge in [0.05, 0.1) is 22.0 Å². The Kier molecular flexibility index (Phi) is 15.5. The molecule has 0 fully saturated rings. The number of hydrogen-bond donors (Lipinski definition) is 0. The summed E-state index contributed by atoms with van der Waals surface area (Å²) >= 11 is 20.4. The summed E-state index contributed by atoms with van der Waals surface area (Å²) in [6.45, 7) is 2.75. The third-order valence-electron chi connectivity index (χ3n) is 0.963. The molecule has 0 aromatic heterocycles. The minimum absolute atomic E-state index is 0. The SMILES string of the molecule is C/C(Cl)=C(\Cl)C(=O)[O-].C/C(Cl)=C(\Cl)C(=O)[O-].[Hg+2]. The molecule has 0 heterocycles. The molecule has 9 heteroatoms. The molecule has 0 amide bonds. The van der Waals surface area contributed by atoms with Gasteiger partial charge < -0.3 is 19.8 Å². The number of carboxylic acids is 2. The van der Waals surface area contributed by atoms with Gasteiger partial charge in [0, 0.05) is 10.1 Å². The maximum atomic E-state index is 9.76. The first kappa shape index (κ1) is 22.7. The summed E-state index contributed by atoms with van der Waals surface area (Å²) in [5, 5.41) is 18.7. The van der Waals surface area contributed by atoms with Crippen molar-refractivity contribution in [2.75, 3.05) is 0 Å². The van der Waals surface area contributed by atoms with Crippen LogP contribution in [0.5, 0.6) is 0 Å². The fraction of sp³-hybridized carbons (Fsp3) is 0.250. The predicted octanol–water partition coefficient (Wildman–Crippen LogP) is 0.888. The topological polar surface area (TPSA) is 80.3 Å². The number of rotatable bonds is 2. The predicted molar refractivity (Wildman–Crippen MR) is 58.8 cm³/mol. The van der Waals surface area contributed by atoms with Gasteiger partial charge >= 0.3 is 27.7 Å². The van der Waals surface area contributed by atoms with Gasteiger partial charge in [-0.3, -0.25) is 0 Å². The van der Waals surface area contributed by atoms with E-state index in [1.807, 2.05) is 0 Å². The van der Waals surface area contributed by atoms with Crippen LogP contribution in [0.25, 0.3) is 0 Å². The van der Waals surface area contributed by atoms with Gasteiger partial charge in [-0.1, -0.05) is 46.4 Å². The molecule has 0 aromatic rings. The second-order valence-corrected chi connectivity index (χ2v) is 4.16. The Labute approximate surface area is 139 Å². The van der Waals surface area contributed by atoms with Gasteiger partial charge in [0.25, 0.3) is 0 Å². The monoisotopic (exact) mass is 508 g/mol. The van der Waals surface area contributed by atoms with Crippen LogP contribution in [0.4, 0.5) is 0 Å². The molecule has 17 heavy (non-hydrogen) atoms. The van der Waals surface area contributed by atoms with E-state index in [4.69, 9.17) is 46.4 Å². The van der Waals surface area contributed by atoms with Crippen molar-refractivity contribution in [2.45, 2.75) is 13.8 Å². The van der Waals surface area contributed by atoms with E-state index >= 15 is 0 Å². The smallest absolute Gasteiger partial charge is 0.544 e. The first-order chi connectivity index (χ1) is 7.11. The Bertz CT molecular complexity index is 309.